The summed E-state index contributed by atoms with van der Waals surface area (Å²) in [5, 5.41) is 4.57. The Morgan fingerprint density at radius 2 is 1.84 bits per heavy atom. The van der Waals surface area contributed by atoms with E-state index in [1.54, 1.807) is 30.3 Å². The van der Waals surface area contributed by atoms with E-state index in [9.17, 15) is 8.42 Å². The molecular formula is C20H22N2O2S. The highest BCUT2D eigenvalue weighted by Crippen LogP contribution is 2.31. The average molecular weight is 354 g/mol. The normalized spacial score (nSPS) is 18.1. The molecule has 1 aromatic heterocycles. The molecule has 0 spiro atoms. The third kappa shape index (κ3) is 2.68. The maximum atomic E-state index is 13.0. The second-order valence-corrected chi connectivity index (χ2v) is 8.74. The van der Waals surface area contributed by atoms with Gasteiger partial charge in [0.2, 0.25) is 9.84 Å². The maximum Gasteiger partial charge on any atom is 0.206 e. The van der Waals surface area contributed by atoms with Crippen LogP contribution >= 0.6 is 0 Å². The first-order chi connectivity index (χ1) is 12.0. The number of sulfone groups is 1. The highest BCUT2D eigenvalue weighted by atomic mass is 32.2. The molecule has 0 bridgehead atoms. The van der Waals surface area contributed by atoms with E-state index in [2.05, 4.69) is 23.9 Å². The summed E-state index contributed by atoms with van der Waals surface area (Å²) in [6.45, 7) is 3.11. The van der Waals surface area contributed by atoms with Crippen LogP contribution in [0.1, 0.15) is 18.2 Å². The fourth-order valence-corrected chi connectivity index (χ4v) is 5.11. The lowest BCUT2D eigenvalue weighted by molar-refractivity contribution is 0.558. The second-order valence-electron chi connectivity index (χ2n) is 6.79. The van der Waals surface area contributed by atoms with Gasteiger partial charge in [-0.05, 0) is 55.8 Å². The molecule has 1 aliphatic rings. The van der Waals surface area contributed by atoms with E-state index in [4.69, 9.17) is 0 Å². The van der Waals surface area contributed by atoms with Gasteiger partial charge in [-0.2, -0.15) is 0 Å². The van der Waals surface area contributed by atoms with Crippen molar-refractivity contribution in [2.24, 2.45) is 7.05 Å². The zero-order valence-corrected chi connectivity index (χ0v) is 15.3. The van der Waals surface area contributed by atoms with Gasteiger partial charge in [-0.15, -0.1) is 0 Å². The molecule has 5 heteroatoms. The molecule has 4 rings (SSSR count). The summed E-state index contributed by atoms with van der Waals surface area (Å²) >= 11 is 0. The van der Waals surface area contributed by atoms with Crippen molar-refractivity contribution in [2.45, 2.75) is 35.6 Å². The first-order valence-electron chi connectivity index (χ1n) is 8.62. The molecule has 4 nitrogen and oxygen atoms in total. The molecule has 2 aromatic carbocycles. The van der Waals surface area contributed by atoms with Gasteiger partial charge in [0.05, 0.1) is 9.79 Å². The molecule has 0 amide bonds. The lowest BCUT2D eigenvalue weighted by Gasteiger charge is -2.11. The summed E-state index contributed by atoms with van der Waals surface area (Å²) in [6.07, 6.45) is 1.88. The van der Waals surface area contributed by atoms with Crippen LogP contribution in [0.4, 0.5) is 0 Å². The number of nitrogens with one attached hydrogen (secondary N) is 1. The molecule has 2 heterocycles. The van der Waals surface area contributed by atoms with E-state index in [0.29, 0.717) is 15.8 Å². The van der Waals surface area contributed by atoms with Crippen molar-refractivity contribution in [3.8, 4) is 0 Å². The molecule has 0 saturated heterocycles. The van der Waals surface area contributed by atoms with E-state index in [1.165, 1.54) is 11.3 Å². The van der Waals surface area contributed by atoms with Crippen molar-refractivity contribution in [1.29, 1.82) is 0 Å². The van der Waals surface area contributed by atoms with Crippen LogP contribution in [-0.2, 0) is 29.7 Å². The molecule has 3 aromatic rings. The number of fused-ring (bicyclic) bond motifs is 3. The third-order valence-corrected chi connectivity index (χ3v) is 6.91. The second kappa shape index (κ2) is 6.00. The summed E-state index contributed by atoms with van der Waals surface area (Å²) in [4.78, 5) is 0.705. The lowest BCUT2D eigenvalue weighted by Crippen LogP contribution is -2.27. The molecule has 25 heavy (non-hydrogen) atoms. The Hall–Kier alpha value is -2.11. The van der Waals surface area contributed by atoms with Gasteiger partial charge in [0.25, 0.3) is 0 Å². The Balaban J connectivity index is 1.90. The van der Waals surface area contributed by atoms with E-state index in [-0.39, 0.29) is 0 Å². The minimum Gasteiger partial charge on any atom is -0.347 e. The van der Waals surface area contributed by atoms with Crippen molar-refractivity contribution in [3.63, 3.8) is 0 Å². The number of hydrogen-bond donors (Lipinski definition) is 1. The quantitative estimate of drug-likeness (QED) is 0.769. The average Bonchev–Trinajstić information content (AvgIpc) is 2.76. The highest BCUT2D eigenvalue weighted by Gasteiger charge is 2.23. The van der Waals surface area contributed by atoms with Crippen LogP contribution in [0.5, 0.6) is 0 Å². The van der Waals surface area contributed by atoms with Gasteiger partial charge in [-0.1, -0.05) is 18.2 Å². The zero-order valence-electron chi connectivity index (χ0n) is 14.5. The predicted molar refractivity (Wildman–Crippen MR) is 99.7 cm³/mol. The van der Waals surface area contributed by atoms with Crippen molar-refractivity contribution >= 4 is 20.7 Å². The van der Waals surface area contributed by atoms with E-state index in [0.717, 1.165) is 30.3 Å². The van der Waals surface area contributed by atoms with Gasteiger partial charge in [0, 0.05) is 36.1 Å². The number of nitrogens with zero attached hydrogens (tertiary/aromatic N) is 1. The number of aromatic nitrogens is 1. The van der Waals surface area contributed by atoms with Crippen molar-refractivity contribution in [1.82, 2.24) is 9.88 Å². The molecule has 0 fully saturated rings. The van der Waals surface area contributed by atoms with Crippen LogP contribution < -0.4 is 5.32 Å². The molecule has 1 N–H and O–H groups in total. The summed E-state index contributed by atoms with van der Waals surface area (Å²) in [5.41, 5.74) is 3.69. The Bertz CT molecular complexity index is 1040. The standard InChI is InChI=1S/C20H22N2O2S/c1-14-12-20-17(10-11-21-14)18-13-16(8-9-19(18)22(20)2)25(23,24)15-6-4-3-5-7-15/h3-9,13-14,21H,10-12H2,1-2H3. The van der Waals surface area contributed by atoms with Crippen LogP contribution in [0.25, 0.3) is 10.9 Å². The predicted octanol–water partition coefficient (Wildman–Crippen LogP) is 3.09. The molecule has 1 unspecified atom stereocenters. The van der Waals surface area contributed by atoms with Crippen LogP contribution in [0.3, 0.4) is 0 Å². The molecule has 0 aliphatic carbocycles. The Labute approximate surface area is 148 Å². The molecule has 130 valence electrons. The number of aryl methyl sites for hydroxylation is 1. The molecule has 1 atom stereocenters. The summed E-state index contributed by atoms with van der Waals surface area (Å²) < 4.78 is 28.1. The van der Waals surface area contributed by atoms with Gasteiger partial charge < -0.3 is 9.88 Å². The topological polar surface area (TPSA) is 51.1 Å². The SMILES string of the molecule is CC1Cc2c(c3cc(S(=O)(=O)c4ccccc4)ccc3n2C)CCN1. The number of benzene rings is 2. The van der Waals surface area contributed by atoms with Crippen LogP contribution in [0.15, 0.2) is 58.3 Å². The number of hydrogen-bond acceptors (Lipinski definition) is 3. The summed E-state index contributed by atoms with van der Waals surface area (Å²) in [7, 11) is -1.42. The zero-order chi connectivity index (χ0) is 17.6. The van der Waals surface area contributed by atoms with Gasteiger partial charge >= 0.3 is 0 Å². The maximum absolute atomic E-state index is 13.0. The van der Waals surface area contributed by atoms with Crippen LogP contribution in [0, 0.1) is 0 Å². The first-order valence-corrected chi connectivity index (χ1v) is 10.1. The monoisotopic (exact) mass is 354 g/mol. The summed E-state index contributed by atoms with van der Waals surface area (Å²) in [5.74, 6) is 0. The fraction of sp³-hybridized carbons (Fsp3) is 0.300. The minimum absolute atomic E-state index is 0.339. The van der Waals surface area contributed by atoms with E-state index >= 15 is 0 Å². The largest absolute Gasteiger partial charge is 0.347 e. The minimum atomic E-state index is -3.49. The Morgan fingerprint density at radius 1 is 1.08 bits per heavy atom. The number of rotatable bonds is 2. The molecular weight excluding hydrogens is 332 g/mol. The third-order valence-electron chi connectivity index (χ3n) is 5.14. The summed E-state index contributed by atoms with van der Waals surface area (Å²) in [6, 6.07) is 14.6. The van der Waals surface area contributed by atoms with E-state index < -0.39 is 9.84 Å². The van der Waals surface area contributed by atoms with Crippen molar-refractivity contribution in [2.75, 3.05) is 6.54 Å². The van der Waals surface area contributed by atoms with Crippen molar-refractivity contribution < 1.29 is 8.42 Å². The van der Waals surface area contributed by atoms with Crippen LogP contribution in [0.2, 0.25) is 0 Å². The molecule has 0 saturated carbocycles. The smallest absolute Gasteiger partial charge is 0.206 e. The molecule has 1 aliphatic heterocycles. The first kappa shape index (κ1) is 16.4. The van der Waals surface area contributed by atoms with E-state index in [1.807, 2.05) is 18.2 Å². The van der Waals surface area contributed by atoms with Gasteiger partial charge in [-0.25, -0.2) is 8.42 Å². The van der Waals surface area contributed by atoms with Gasteiger partial charge in [0.1, 0.15) is 0 Å². The Morgan fingerprint density at radius 3 is 2.60 bits per heavy atom. The highest BCUT2D eigenvalue weighted by molar-refractivity contribution is 7.91. The fourth-order valence-electron chi connectivity index (χ4n) is 3.80. The Kier molecular flexibility index (Phi) is 3.93. The lowest BCUT2D eigenvalue weighted by atomic mass is 10.1. The van der Waals surface area contributed by atoms with Gasteiger partial charge in [-0.3, -0.25) is 0 Å². The van der Waals surface area contributed by atoms with Crippen LogP contribution in [-0.4, -0.2) is 25.6 Å². The molecule has 0 radical (unpaired) electrons. The van der Waals surface area contributed by atoms with Crippen molar-refractivity contribution in [3.05, 3.63) is 59.8 Å². The van der Waals surface area contributed by atoms with Gasteiger partial charge in [0.15, 0.2) is 0 Å².